The number of nitro groups is 1. The van der Waals surface area contributed by atoms with Gasteiger partial charge in [-0.1, -0.05) is 0 Å². The molecule has 1 aromatic rings. The van der Waals surface area contributed by atoms with Crippen molar-refractivity contribution in [3.63, 3.8) is 0 Å². The molecule has 0 heterocycles. The van der Waals surface area contributed by atoms with Crippen molar-refractivity contribution in [2.75, 3.05) is 20.2 Å². The summed E-state index contributed by atoms with van der Waals surface area (Å²) in [5.74, 6) is -1.04. The van der Waals surface area contributed by atoms with Crippen LogP contribution in [0.5, 0.6) is 0 Å². The molecule has 0 aliphatic carbocycles. The van der Waals surface area contributed by atoms with Crippen molar-refractivity contribution in [3.05, 3.63) is 38.3 Å². The zero-order chi connectivity index (χ0) is 15.3. The molecule has 0 aromatic heterocycles. The molecule has 8 heteroatoms. The molecule has 0 unspecified atom stereocenters. The van der Waals surface area contributed by atoms with Crippen molar-refractivity contribution in [2.45, 2.75) is 6.92 Å². The molecule has 20 heavy (non-hydrogen) atoms. The van der Waals surface area contributed by atoms with E-state index in [9.17, 15) is 19.7 Å². The van der Waals surface area contributed by atoms with Gasteiger partial charge in [0.15, 0.2) is 0 Å². The predicted octanol–water partition coefficient (Wildman–Crippen LogP) is 1.99. The van der Waals surface area contributed by atoms with Gasteiger partial charge < -0.3 is 9.64 Å². The molecule has 0 spiro atoms. The maximum absolute atomic E-state index is 12.1. The third-order valence-corrected chi connectivity index (χ3v) is 3.10. The average Bonchev–Trinajstić information content (AvgIpc) is 2.38. The highest BCUT2D eigenvalue weighted by molar-refractivity contribution is 9.10. The van der Waals surface area contributed by atoms with Crippen LogP contribution in [0.4, 0.5) is 5.69 Å². The topological polar surface area (TPSA) is 89.8 Å². The van der Waals surface area contributed by atoms with E-state index >= 15 is 0 Å². The third-order valence-electron chi connectivity index (χ3n) is 2.41. The first-order valence-electron chi connectivity index (χ1n) is 5.71. The molecule has 1 rings (SSSR count). The molecule has 0 saturated heterocycles. The molecule has 0 fully saturated rings. The van der Waals surface area contributed by atoms with E-state index < -0.39 is 16.8 Å². The maximum Gasteiger partial charge on any atom is 0.325 e. The standard InChI is InChI=1S/C12H13BrN2O5/c1-3-20-11(16)7-14(2)12(17)9-6-8(15(18)19)4-5-10(9)13/h4-6H,3,7H2,1-2H3. The number of carbonyl (C=O) groups excluding carboxylic acids is 2. The van der Waals surface area contributed by atoms with Crippen molar-refractivity contribution in [1.82, 2.24) is 4.90 Å². The lowest BCUT2D eigenvalue weighted by atomic mass is 10.2. The van der Waals surface area contributed by atoms with E-state index in [0.717, 1.165) is 11.0 Å². The number of carbonyl (C=O) groups is 2. The van der Waals surface area contributed by atoms with E-state index in [0.29, 0.717) is 4.47 Å². The van der Waals surface area contributed by atoms with E-state index in [1.54, 1.807) is 6.92 Å². The molecule has 7 nitrogen and oxygen atoms in total. The van der Waals surface area contributed by atoms with Crippen LogP contribution >= 0.6 is 15.9 Å². The predicted molar refractivity (Wildman–Crippen MR) is 74.4 cm³/mol. The van der Waals surface area contributed by atoms with Gasteiger partial charge >= 0.3 is 5.97 Å². The molecule has 0 aliphatic rings. The van der Waals surface area contributed by atoms with Gasteiger partial charge in [-0.3, -0.25) is 19.7 Å². The van der Waals surface area contributed by atoms with E-state index in [-0.39, 0.29) is 24.4 Å². The Morgan fingerprint density at radius 2 is 2.10 bits per heavy atom. The highest BCUT2D eigenvalue weighted by atomic mass is 79.9. The first kappa shape index (κ1) is 16.1. The van der Waals surface area contributed by atoms with Crippen LogP contribution in [0.2, 0.25) is 0 Å². The summed E-state index contributed by atoms with van der Waals surface area (Å²) in [6, 6.07) is 3.86. The van der Waals surface area contributed by atoms with Gasteiger partial charge in [-0.15, -0.1) is 0 Å². The Hall–Kier alpha value is -1.96. The second-order valence-electron chi connectivity index (χ2n) is 3.89. The molecule has 0 aliphatic heterocycles. The number of hydrogen-bond donors (Lipinski definition) is 0. The van der Waals surface area contributed by atoms with Crippen LogP contribution in [0, 0.1) is 10.1 Å². The molecule has 108 valence electrons. The van der Waals surface area contributed by atoms with E-state index in [4.69, 9.17) is 4.74 Å². The molecule has 0 atom stereocenters. The number of rotatable bonds is 5. The van der Waals surface area contributed by atoms with E-state index in [2.05, 4.69) is 15.9 Å². The van der Waals surface area contributed by atoms with E-state index in [1.165, 1.54) is 19.2 Å². The first-order chi connectivity index (χ1) is 9.36. The van der Waals surface area contributed by atoms with Gasteiger partial charge in [0.2, 0.25) is 0 Å². The smallest absolute Gasteiger partial charge is 0.325 e. The number of benzene rings is 1. The number of non-ortho nitro benzene ring substituents is 1. The zero-order valence-corrected chi connectivity index (χ0v) is 12.5. The molecular weight excluding hydrogens is 332 g/mol. The summed E-state index contributed by atoms with van der Waals surface area (Å²) in [5, 5.41) is 10.7. The summed E-state index contributed by atoms with van der Waals surface area (Å²) in [5.41, 5.74) is -0.0768. The summed E-state index contributed by atoms with van der Waals surface area (Å²) in [7, 11) is 1.42. The minimum Gasteiger partial charge on any atom is -0.465 e. The van der Waals surface area contributed by atoms with Crippen molar-refractivity contribution in [1.29, 1.82) is 0 Å². The Labute approximate surface area is 123 Å². The molecule has 0 saturated carbocycles. The second kappa shape index (κ2) is 6.99. The van der Waals surface area contributed by atoms with E-state index in [1.807, 2.05) is 0 Å². The summed E-state index contributed by atoms with van der Waals surface area (Å²) < 4.78 is 5.16. The fourth-order valence-corrected chi connectivity index (χ4v) is 1.88. The summed E-state index contributed by atoms with van der Waals surface area (Å²) in [6.45, 7) is 1.67. The van der Waals surface area contributed by atoms with Gasteiger partial charge in [-0.05, 0) is 28.9 Å². The molecule has 0 bridgehead atoms. The van der Waals surface area contributed by atoms with Crippen LogP contribution in [0.3, 0.4) is 0 Å². The number of amides is 1. The lowest BCUT2D eigenvalue weighted by Gasteiger charge is -2.16. The SMILES string of the molecule is CCOC(=O)CN(C)C(=O)c1cc([N+](=O)[O-])ccc1Br. The minimum atomic E-state index is -0.589. The number of nitro benzene ring substituents is 1. The minimum absolute atomic E-state index is 0.117. The monoisotopic (exact) mass is 344 g/mol. The van der Waals surface area contributed by atoms with Crippen LogP contribution in [0.1, 0.15) is 17.3 Å². The normalized spacial score (nSPS) is 9.95. The van der Waals surface area contributed by atoms with Gasteiger partial charge in [0.1, 0.15) is 6.54 Å². The Morgan fingerprint density at radius 1 is 1.45 bits per heavy atom. The average molecular weight is 345 g/mol. The maximum atomic E-state index is 12.1. The zero-order valence-electron chi connectivity index (χ0n) is 11.0. The molecule has 0 N–H and O–H groups in total. The largest absolute Gasteiger partial charge is 0.465 e. The van der Waals surface area contributed by atoms with Crippen molar-refractivity contribution in [3.8, 4) is 0 Å². The highest BCUT2D eigenvalue weighted by Crippen LogP contribution is 2.23. The number of likely N-dealkylation sites (N-methyl/N-ethyl adjacent to an activating group) is 1. The van der Waals surface area contributed by atoms with Crippen LogP contribution in [-0.2, 0) is 9.53 Å². The fourth-order valence-electron chi connectivity index (χ4n) is 1.47. The Bertz CT molecular complexity index is 547. The van der Waals surface area contributed by atoms with Crippen molar-refractivity contribution in [2.24, 2.45) is 0 Å². The van der Waals surface area contributed by atoms with Gasteiger partial charge in [-0.2, -0.15) is 0 Å². The van der Waals surface area contributed by atoms with Gasteiger partial charge in [0.25, 0.3) is 11.6 Å². The lowest BCUT2D eigenvalue weighted by molar-refractivity contribution is -0.384. The Morgan fingerprint density at radius 3 is 2.65 bits per heavy atom. The number of esters is 1. The van der Waals surface area contributed by atoms with Crippen LogP contribution in [0.25, 0.3) is 0 Å². The Balaban J connectivity index is 2.93. The molecule has 1 amide bonds. The fraction of sp³-hybridized carbons (Fsp3) is 0.333. The highest BCUT2D eigenvalue weighted by Gasteiger charge is 2.20. The number of nitrogens with zero attached hydrogens (tertiary/aromatic N) is 2. The van der Waals surface area contributed by atoms with Crippen molar-refractivity contribution < 1.29 is 19.2 Å². The third kappa shape index (κ3) is 4.02. The number of ether oxygens (including phenoxy) is 1. The molecule has 1 aromatic carbocycles. The lowest BCUT2D eigenvalue weighted by Crippen LogP contribution is -2.33. The Kier molecular flexibility index (Phi) is 5.63. The van der Waals surface area contributed by atoms with Crippen molar-refractivity contribution >= 4 is 33.5 Å². The second-order valence-corrected chi connectivity index (χ2v) is 4.74. The van der Waals surface area contributed by atoms with Crippen LogP contribution < -0.4 is 0 Å². The van der Waals surface area contributed by atoms with Gasteiger partial charge in [0, 0.05) is 23.7 Å². The summed E-state index contributed by atoms with van der Waals surface area (Å²) in [4.78, 5) is 34.7. The summed E-state index contributed by atoms with van der Waals surface area (Å²) in [6.07, 6.45) is 0. The number of hydrogen-bond acceptors (Lipinski definition) is 5. The van der Waals surface area contributed by atoms with Gasteiger partial charge in [0.05, 0.1) is 17.1 Å². The quantitative estimate of drug-likeness (QED) is 0.463. The number of halogens is 1. The first-order valence-corrected chi connectivity index (χ1v) is 6.51. The summed E-state index contributed by atoms with van der Waals surface area (Å²) >= 11 is 3.16. The van der Waals surface area contributed by atoms with Crippen LogP contribution in [-0.4, -0.2) is 41.9 Å². The van der Waals surface area contributed by atoms with Crippen LogP contribution in [0.15, 0.2) is 22.7 Å². The van der Waals surface area contributed by atoms with Gasteiger partial charge in [-0.25, -0.2) is 0 Å². The molecule has 0 radical (unpaired) electrons. The molecular formula is C12H13BrN2O5.